The number of anilines is 1. The highest BCUT2D eigenvalue weighted by atomic mass is 16.5. The molecule has 0 aliphatic rings. The largest absolute Gasteiger partial charge is 0.497 e. The Morgan fingerprint density at radius 1 is 1.36 bits per heavy atom. The zero-order valence-corrected chi connectivity index (χ0v) is 13.2. The number of nitrogens with one attached hydrogen (secondary N) is 1. The highest BCUT2D eigenvalue weighted by Crippen LogP contribution is 2.16. The highest BCUT2D eigenvalue weighted by Gasteiger charge is 2.21. The summed E-state index contributed by atoms with van der Waals surface area (Å²) in [5.41, 5.74) is 6.31. The first-order chi connectivity index (χ1) is 10.5. The van der Waals surface area contributed by atoms with Crippen LogP contribution in [0.3, 0.4) is 0 Å². The van der Waals surface area contributed by atoms with E-state index >= 15 is 0 Å². The van der Waals surface area contributed by atoms with Crippen molar-refractivity contribution in [2.24, 2.45) is 5.73 Å². The van der Waals surface area contributed by atoms with Crippen molar-refractivity contribution in [3.8, 4) is 5.75 Å². The van der Waals surface area contributed by atoms with Gasteiger partial charge in [0.15, 0.2) is 0 Å². The molecule has 0 aliphatic carbocycles. The van der Waals surface area contributed by atoms with E-state index in [1.807, 2.05) is 0 Å². The monoisotopic (exact) mass is 309 g/mol. The summed E-state index contributed by atoms with van der Waals surface area (Å²) < 4.78 is 9.95. The first-order valence-electron chi connectivity index (χ1n) is 6.99. The second-order valence-electron chi connectivity index (χ2n) is 4.69. The average Bonchev–Trinajstić information content (AvgIpc) is 2.52. The number of hydrogen-bond acceptors (Lipinski definition) is 5. The third-order valence-electron chi connectivity index (χ3n) is 3.04. The fraction of sp³-hybridized carbons (Fsp3) is 0.467. The molecule has 0 saturated carbocycles. The Morgan fingerprint density at radius 3 is 2.68 bits per heavy atom. The van der Waals surface area contributed by atoms with Crippen molar-refractivity contribution >= 4 is 17.5 Å². The smallest absolute Gasteiger partial charge is 0.243 e. The molecule has 1 aromatic carbocycles. The van der Waals surface area contributed by atoms with Crippen molar-refractivity contribution in [2.75, 3.05) is 39.2 Å². The molecule has 0 heterocycles. The molecule has 0 radical (unpaired) electrons. The Kier molecular flexibility index (Phi) is 7.34. The van der Waals surface area contributed by atoms with Gasteiger partial charge in [0.05, 0.1) is 20.3 Å². The van der Waals surface area contributed by atoms with E-state index in [-0.39, 0.29) is 25.0 Å². The van der Waals surface area contributed by atoms with Gasteiger partial charge in [0, 0.05) is 25.4 Å². The van der Waals surface area contributed by atoms with Gasteiger partial charge in [0.1, 0.15) is 11.8 Å². The zero-order chi connectivity index (χ0) is 16.5. The van der Waals surface area contributed by atoms with Gasteiger partial charge in [-0.2, -0.15) is 0 Å². The van der Waals surface area contributed by atoms with Gasteiger partial charge in [0.2, 0.25) is 11.8 Å². The maximum Gasteiger partial charge on any atom is 0.243 e. The van der Waals surface area contributed by atoms with Crippen LogP contribution in [0.4, 0.5) is 5.69 Å². The van der Waals surface area contributed by atoms with Crippen LogP contribution in [-0.4, -0.2) is 56.7 Å². The van der Waals surface area contributed by atoms with Crippen molar-refractivity contribution in [1.29, 1.82) is 0 Å². The minimum atomic E-state index is -0.769. The molecule has 1 atom stereocenters. The molecule has 1 rings (SSSR count). The van der Waals surface area contributed by atoms with E-state index in [4.69, 9.17) is 15.2 Å². The first-order valence-corrected chi connectivity index (χ1v) is 6.99. The summed E-state index contributed by atoms with van der Waals surface area (Å²) in [5, 5.41) is 2.72. The van der Waals surface area contributed by atoms with Crippen LogP contribution in [0, 0.1) is 0 Å². The number of amides is 2. The van der Waals surface area contributed by atoms with Gasteiger partial charge in [-0.05, 0) is 19.1 Å². The van der Waals surface area contributed by atoms with Crippen molar-refractivity contribution < 1.29 is 19.1 Å². The standard InChI is InChI=1S/C15H23N3O4/c1-4-18(15(20)13(16)10-21-2)9-14(19)17-11-6-5-7-12(8-11)22-3/h5-8,13H,4,9-10,16H2,1-3H3,(H,17,19). The van der Waals surface area contributed by atoms with Crippen molar-refractivity contribution in [3.05, 3.63) is 24.3 Å². The van der Waals surface area contributed by atoms with E-state index in [0.29, 0.717) is 18.0 Å². The van der Waals surface area contributed by atoms with E-state index in [1.54, 1.807) is 38.3 Å². The second kappa shape index (κ2) is 9.01. The predicted molar refractivity (Wildman–Crippen MR) is 83.7 cm³/mol. The molecule has 0 spiro atoms. The molecular formula is C15H23N3O4. The maximum atomic E-state index is 12.1. The Morgan fingerprint density at radius 2 is 2.09 bits per heavy atom. The second-order valence-corrected chi connectivity index (χ2v) is 4.69. The SMILES string of the molecule is CCN(CC(=O)Nc1cccc(OC)c1)C(=O)C(N)COC. The summed E-state index contributed by atoms with van der Waals surface area (Å²) in [6, 6.07) is 6.23. The minimum absolute atomic E-state index is 0.0655. The van der Waals surface area contributed by atoms with Crippen LogP contribution in [0.2, 0.25) is 0 Å². The molecule has 7 nitrogen and oxygen atoms in total. The minimum Gasteiger partial charge on any atom is -0.497 e. The van der Waals surface area contributed by atoms with Crippen LogP contribution in [0.25, 0.3) is 0 Å². The number of nitrogens with zero attached hydrogens (tertiary/aromatic N) is 1. The van der Waals surface area contributed by atoms with Crippen LogP contribution < -0.4 is 15.8 Å². The molecule has 0 aliphatic heterocycles. The zero-order valence-electron chi connectivity index (χ0n) is 13.2. The lowest BCUT2D eigenvalue weighted by molar-refractivity contribution is -0.136. The number of rotatable bonds is 8. The summed E-state index contributed by atoms with van der Waals surface area (Å²) in [4.78, 5) is 25.5. The van der Waals surface area contributed by atoms with E-state index in [1.165, 1.54) is 12.0 Å². The highest BCUT2D eigenvalue weighted by molar-refractivity contribution is 5.95. The quantitative estimate of drug-likeness (QED) is 0.727. The molecule has 0 fully saturated rings. The summed E-state index contributed by atoms with van der Waals surface area (Å²) >= 11 is 0. The molecule has 1 unspecified atom stereocenters. The Hall–Kier alpha value is -2.12. The van der Waals surface area contributed by atoms with Crippen LogP contribution in [0.1, 0.15) is 6.92 Å². The number of carbonyl (C=O) groups excluding carboxylic acids is 2. The number of hydrogen-bond donors (Lipinski definition) is 2. The van der Waals surface area contributed by atoms with E-state index in [2.05, 4.69) is 5.32 Å². The lowest BCUT2D eigenvalue weighted by atomic mass is 10.2. The van der Waals surface area contributed by atoms with Crippen molar-refractivity contribution in [1.82, 2.24) is 4.90 Å². The number of likely N-dealkylation sites (N-methyl/N-ethyl adjacent to an activating group) is 1. The van der Waals surface area contributed by atoms with Crippen molar-refractivity contribution in [3.63, 3.8) is 0 Å². The number of benzene rings is 1. The predicted octanol–water partition coefficient (Wildman–Crippen LogP) is 0.456. The third-order valence-corrected chi connectivity index (χ3v) is 3.04. The Labute approximate surface area is 130 Å². The lowest BCUT2D eigenvalue weighted by Gasteiger charge is -2.23. The summed E-state index contributed by atoms with van der Waals surface area (Å²) in [6.07, 6.45) is 0. The molecule has 1 aromatic rings. The van der Waals surface area contributed by atoms with E-state index in [9.17, 15) is 9.59 Å². The van der Waals surface area contributed by atoms with Gasteiger partial charge in [-0.15, -0.1) is 0 Å². The van der Waals surface area contributed by atoms with Crippen molar-refractivity contribution in [2.45, 2.75) is 13.0 Å². The topological polar surface area (TPSA) is 93.9 Å². The molecule has 22 heavy (non-hydrogen) atoms. The fourth-order valence-corrected chi connectivity index (χ4v) is 1.91. The molecule has 3 N–H and O–H groups in total. The van der Waals surface area contributed by atoms with E-state index in [0.717, 1.165) is 0 Å². The third kappa shape index (κ3) is 5.34. The normalized spacial score (nSPS) is 11.6. The van der Waals surface area contributed by atoms with Gasteiger partial charge in [-0.3, -0.25) is 9.59 Å². The number of nitrogens with two attached hydrogens (primary N) is 1. The first kappa shape index (κ1) is 17.9. The van der Waals surface area contributed by atoms with Crippen LogP contribution in [0.5, 0.6) is 5.75 Å². The number of methoxy groups -OCH3 is 2. The van der Waals surface area contributed by atoms with Crippen LogP contribution >= 0.6 is 0 Å². The fourth-order valence-electron chi connectivity index (χ4n) is 1.91. The Balaban J connectivity index is 2.62. The van der Waals surface area contributed by atoms with E-state index < -0.39 is 6.04 Å². The maximum absolute atomic E-state index is 12.1. The molecule has 122 valence electrons. The summed E-state index contributed by atoms with van der Waals surface area (Å²) in [7, 11) is 3.02. The van der Waals surface area contributed by atoms with Gasteiger partial charge in [-0.1, -0.05) is 6.07 Å². The van der Waals surface area contributed by atoms with Gasteiger partial charge < -0.3 is 25.4 Å². The summed E-state index contributed by atoms with van der Waals surface area (Å²) in [5.74, 6) is 0.0292. The van der Waals surface area contributed by atoms with Gasteiger partial charge in [-0.25, -0.2) is 0 Å². The van der Waals surface area contributed by atoms with Crippen LogP contribution in [-0.2, 0) is 14.3 Å². The molecule has 0 aromatic heterocycles. The summed E-state index contributed by atoms with van der Waals surface area (Å²) in [6.45, 7) is 2.23. The number of ether oxygens (including phenoxy) is 2. The molecule has 0 saturated heterocycles. The lowest BCUT2D eigenvalue weighted by Crippen LogP contribution is -2.48. The number of carbonyl (C=O) groups is 2. The van der Waals surface area contributed by atoms with Gasteiger partial charge in [0.25, 0.3) is 0 Å². The van der Waals surface area contributed by atoms with Gasteiger partial charge >= 0.3 is 0 Å². The molecular weight excluding hydrogens is 286 g/mol. The molecule has 7 heteroatoms. The Bertz CT molecular complexity index is 507. The molecule has 2 amide bonds. The van der Waals surface area contributed by atoms with Crippen LogP contribution in [0.15, 0.2) is 24.3 Å². The molecule has 0 bridgehead atoms. The average molecular weight is 309 g/mol.